The molecule has 1 amide bonds. The van der Waals surface area contributed by atoms with Crippen molar-refractivity contribution in [2.75, 3.05) is 0 Å². The zero-order chi connectivity index (χ0) is 15.5. The average Bonchev–Trinajstić information content (AvgIpc) is 2.36. The number of nitrogens with one attached hydrogen (secondary N) is 1. The minimum Gasteiger partial charge on any atom is -0.491 e. The predicted molar refractivity (Wildman–Crippen MR) is 84.2 cm³/mol. The first-order chi connectivity index (χ1) is 9.88. The lowest BCUT2D eigenvalue weighted by molar-refractivity contribution is -0.123. The summed E-state index contributed by atoms with van der Waals surface area (Å²) in [5.41, 5.74) is 6.89. The van der Waals surface area contributed by atoms with Crippen LogP contribution in [0.5, 0.6) is 5.75 Å². The lowest BCUT2D eigenvalue weighted by atomic mass is 9.75. The Morgan fingerprint density at radius 3 is 2.67 bits per heavy atom. The molecule has 0 radical (unpaired) electrons. The lowest BCUT2D eigenvalue weighted by Gasteiger charge is -2.37. The summed E-state index contributed by atoms with van der Waals surface area (Å²) in [6.07, 6.45) is 3.59. The average molecular weight is 290 g/mol. The highest BCUT2D eigenvalue weighted by molar-refractivity contribution is 5.77. The van der Waals surface area contributed by atoms with Gasteiger partial charge in [-0.2, -0.15) is 0 Å². The summed E-state index contributed by atoms with van der Waals surface area (Å²) in [4.78, 5) is 12.1. The Kier molecular flexibility index (Phi) is 4.88. The summed E-state index contributed by atoms with van der Waals surface area (Å²) in [7, 11) is 0. The minimum absolute atomic E-state index is 0.0277. The summed E-state index contributed by atoms with van der Waals surface area (Å²) in [6, 6.07) is 7.82. The van der Waals surface area contributed by atoms with Gasteiger partial charge in [-0.15, -0.1) is 0 Å². The molecule has 0 heterocycles. The van der Waals surface area contributed by atoms with Crippen LogP contribution >= 0.6 is 0 Å². The van der Waals surface area contributed by atoms with Crippen molar-refractivity contribution in [2.24, 2.45) is 5.73 Å². The molecule has 1 aliphatic rings. The maximum Gasteiger partial charge on any atom is 0.222 e. The zero-order valence-corrected chi connectivity index (χ0v) is 13.2. The predicted octanol–water partition coefficient (Wildman–Crippen LogP) is 2.92. The summed E-state index contributed by atoms with van der Waals surface area (Å²) in [5.74, 6) is 0.859. The molecule has 1 aromatic rings. The van der Waals surface area contributed by atoms with Crippen LogP contribution in [-0.4, -0.2) is 17.6 Å². The fourth-order valence-electron chi connectivity index (χ4n) is 2.63. The molecule has 0 spiro atoms. The van der Waals surface area contributed by atoms with Crippen LogP contribution in [0.25, 0.3) is 0 Å². The number of carbonyl (C=O) groups is 1. The second-order valence-electron chi connectivity index (χ2n) is 6.42. The van der Waals surface area contributed by atoms with E-state index in [-0.39, 0.29) is 23.6 Å². The summed E-state index contributed by atoms with van der Waals surface area (Å²) >= 11 is 0. The molecule has 0 saturated heterocycles. The fraction of sp³-hybridized carbons (Fsp3) is 0.588. The number of carbonyl (C=O) groups excluding carboxylic acids is 1. The molecule has 0 aromatic heterocycles. The van der Waals surface area contributed by atoms with E-state index in [1.807, 2.05) is 45.0 Å². The van der Waals surface area contributed by atoms with Crippen molar-refractivity contribution in [1.29, 1.82) is 0 Å². The molecule has 3 N–H and O–H groups in total. The van der Waals surface area contributed by atoms with E-state index < -0.39 is 0 Å². The van der Waals surface area contributed by atoms with Gasteiger partial charge in [-0.3, -0.25) is 4.79 Å². The Hall–Kier alpha value is -1.55. The van der Waals surface area contributed by atoms with Crippen LogP contribution in [0, 0.1) is 0 Å². The summed E-state index contributed by atoms with van der Waals surface area (Å²) < 4.78 is 5.68. The molecule has 1 atom stereocenters. The van der Waals surface area contributed by atoms with Crippen LogP contribution in [0.15, 0.2) is 24.3 Å². The number of benzene rings is 1. The monoisotopic (exact) mass is 290 g/mol. The summed E-state index contributed by atoms with van der Waals surface area (Å²) in [6.45, 7) is 5.98. The van der Waals surface area contributed by atoms with E-state index in [1.165, 1.54) is 0 Å². The molecule has 116 valence electrons. The van der Waals surface area contributed by atoms with Crippen molar-refractivity contribution in [3.05, 3.63) is 29.8 Å². The van der Waals surface area contributed by atoms with Gasteiger partial charge in [0.15, 0.2) is 0 Å². The van der Waals surface area contributed by atoms with Crippen LogP contribution in [0.2, 0.25) is 0 Å². The van der Waals surface area contributed by atoms with Gasteiger partial charge < -0.3 is 15.8 Å². The maximum absolute atomic E-state index is 12.1. The van der Waals surface area contributed by atoms with Gasteiger partial charge in [0.1, 0.15) is 5.75 Å². The van der Waals surface area contributed by atoms with E-state index in [9.17, 15) is 4.79 Å². The van der Waals surface area contributed by atoms with E-state index in [1.54, 1.807) is 0 Å². The normalized spacial score (nSPS) is 18.0. The topological polar surface area (TPSA) is 64.3 Å². The van der Waals surface area contributed by atoms with Gasteiger partial charge in [-0.25, -0.2) is 0 Å². The first kappa shape index (κ1) is 15.8. The lowest BCUT2D eigenvalue weighted by Crippen LogP contribution is -2.50. The van der Waals surface area contributed by atoms with Crippen molar-refractivity contribution in [3.63, 3.8) is 0 Å². The van der Waals surface area contributed by atoms with Gasteiger partial charge in [0.2, 0.25) is 5.91 Å². The highest BCUT2D eigenvalue weighted by Crippen LogP contribution is 2.32. The third kappa shape index (κ3) is 4.46. The molecule has 1 aromatic carbocycles. The molecule has 1 unspecified atom stereocenters. The molecular weight excluding hydrogens is 264 g/mol. The number of hydrogen-bond acceptors (Lipinski definition) is 3. The van der Waals surface area contributed by atoms with E-state index in [0.717, 1.165) is 30.6 Å². The van der Waals surface area contributed by atoms with Crippen LogP contribution in [-0.2, 0) is 4.79 Å². The van der Waals surface area contributed by atoms with Crippen molar-refractivity contribution < 1.29 is 9.53 Å². The number of rotatable bonds is 6. The van der Waals surface area contributed by atoms with Gasteiger partial charge in [0.25, 0.3) is 0 Å². The highest BCUT2D eigenvalue weighted by Gasteiger charge is 2.34. The van der Waals surface area contributed by atoms with Gasteiger partial charge in [-0.1, -0.05) is 12.1 Å². The first-order valence-electron chi connectivity index (χ1n) is 7.73. The number of hydrogen-bond donors (Lipinski definition) is 2. The van der Waals surface area contributed by atoms with Crippen molar-refractivity contribution in [2.45, 2.75) is 64.1 Å². The first-order valence-corrected chi connectivity index (χ1v) is 7.73. The van der Waals surface area contributed by atoms with Crippen LogP contribution in [0.1, 0.15) is 58.1 Å². The number of amides is 1. The largest absolute Gasteiger partial charge is 0.491 e. The molecule has 0 bridgehead atoms. The molecule has 1 aliphatic carbocycles. The minimum atomic E-state index is -0.271. The molecule has 4 heteroatoms. The SMILES string of the molecule is CC(C)Oc1cccc(C(C)NC(=O)CC2(N)CCC2)c1. The molecular formula is C17H26N2O2. The standard InChI is InChI=1S/C17H26N2O2/c1-12(2)21-15-7-4-6-14(10-15)13(3)19-16(20)11-17(18)8-5-9-17/h4,6-7,10,12-13H,5,8-9,11,18H2,1-3H3,(H,19,20). The van der Waals surface area contributed by atoms with Crippen LogP contribution in [0.3, 0.4) is 0 Å². The van der Waals surface area contributed by atoms with Crippen molar-refractivity contribution in [3.8, 4) is 5.75 Å². The zero-order valence-electron chi connectivity index (χ0n) is 13.2. The molecule has 4 nitrogen and oxygen atoms in total. The van der Waals surface area contributed by atoms with E-state index in [0.29, 0.717) is 6.42 Å². The highest BCUT2D eigenvalue weighted by atomic mass is 16.5. The van der Waals surface area contributed by atoms with Gasteiger partial charge in [0.05, 0.1) is 12.1 Å². The molecule has 0 aliphatic heterocycles. The Morgan fingerprint density at radius 2 is 2.10 bits per heavy atom. The summed E-state index contributed by atoms with van der Waals surface area (Å²) in [5, 5.41) is 3.03. The molecule has 2 rings (SSSR count). The van der Waals surface area contributed by atoms with E-state index in [2.05, 4.69) is 5.32 Å². The van der Waals surface area contributed by atoms with Gasteiger partial charge in [-0.05, 0) is 57.7 Å². The Labute approximate surface area is 127 Å². The van der Waals surface area contributed by atoms with E-state index in [4.69, 9.17) is 10.5 Å². The van der Waals surface area contributed by atoms with E-state index >= 15 is 0 Å². The Morgan fingerprint density at radius 1 is 1.38 bits per heavy atom. The third-order valence-electron chi connectivity index (χ3n) is 3.97. The molecule has 21 heavy (non-hydrogen) atoms. The van der Waals surface area contributed by atoms with Gasteiger partial charge in [0, 0.05) is 12.0 Å². The number of nitrogens with two attached hydrogens (primary N) is 1. The van der Waals surface area contributed by atoms with Crippen molar-refractivity contribution in [1.82, 2.24) is 5.32 Å². The maximum atomic E-state index is 12.1. The van der Waals surface area contributed by atoms with Crippen LogP contribution < -0.4 is 15.8 Å². The van der Waals surface area contributed by atoms with Crippen LogP contribution in [0.4, 0.5) is 0 Å². The van der Waals surface area contributed by atoms with Gasteiger partial charge >= 0.3 is 0 Å². The Balaban J connectivity index is 1.93. The second kappa shape index (κ2) is 6.48. The molecule has 1 fully saturated rings. The smallest absolute Gasteiger partial charge is 0.222 e. The fourth-order valence-corrected chi connectivity index (χ4v) is 2.63. The quantitative estimate of drug-likeness (QED) is 0.846. The second-order valence-corrected chi connectivity index (χ2v) is 6.42. The third-order valence-corrected chi connectivity index (χ3v) is 3.97. The number of ether oxygens (including phenoxy) is 1. The van der Waals surface area contributed by atoms with Crippen molar-refractivity contribution >= 4 is 5.91 Å². The molecule has 1 saturated carbocycles. The Bertz CT molecular complexity index is 495.